The molecule has 1 aromatic heterocycles. The Balaban J connectivity index is 2.25. The summed E-state index contributed by atoms with van der Waals surface area (Å²) in [5, 5.41) is 36.7. The van der Waals surface area contributed by atoms with Crippen molar-refractivity contribution in [3.05, 3.63) is 46.6 Å². The Bertz CT molecular complexity index is 619. The fourth-order valence-electron chi connectivity index (χ4n) is 1.27. The topological polar surface area (TPSA) is 121 Å². The summed E-state index contributed by atoms with van der Waals surface area (Å²) < 4.78 is 0. The molecule has 0 aliphatic heterocycles. The highest BCUT2D eigenvalue weighted by molar-refractivity contribution is 5.60. The first kappa shape index (κ1) is 12.4. The van der Waals surface area contributed by atoms with Gasteiger partial charge in [-0.3, -0.25) is 10.1 Å². The molecule has 1 heterocycles. The number of benzene rings is 1. The Morgan fingerprint density at radius 2 is 1.79 bits per heavy atom. The largest absolute Gasteiger partial charge is 0.505 e. The van der Waals surface area contributed by atoms with Gasteiger partial charge in [0.05, 0.1) is 4.92 Å². The molecule has 2 N–H and O–H groups in total. The standard InChI is InChI=1S/C11H8N4O4/c16-8-2-1-3-9(17)11(8)14-13-10-5-4-7(6-12-10)15(18)19/h1-6,16-17H. The minimum atomic E-state index is -0.581. The average Bonchev–Trinajstić information content (AvgIpc) is 2.38. The maximum Gasteiger partial charge on any atom is 0.287 e. The molecule has 0 spiro atoms. The Labute approximate surface area is 106 Å². The Morgan fingerprint density at radius 1 is 1.11 bits per heavy atom. The molecule has 1 aromatic carbocycles. The van der Waals surface area contributed by atoms with Gasteiger partial charge in [-0.05, 0) is 18.2 Å². The van der Waals surface area contributed by atoms with Crippen LogP contribution in [0.4, 0.5) is 17.2 Å². The normalized spacial score (nSPS) is 10.7. The number of azo groups is 1. The van der Waals surface area contributed by atoms with Crippen molar-refractivity contribution >= 4 is 17.2 Å². The van der Waals surface area contributed by atoms with E-state index in [9.17, 15) is 20.3 Å². The summed E-state index contributed by atoms with van der Waals surface area (Å²) in [5.74, 6) is -0.343. The molecule has 2 aromatic rings. The summed E-state index contributed by atoms with van der Waals surface area (Å²) in [6.45, 7) is 0. The van der Waals surface area contributed by atoms with Crippen LogP contribution in [0.3, 0.4) is 0 Å². The summed E-state index contributed by atoms with van der Waals surface area (Å²) in [4.78, 5) is 13.6. The molecule has 0 bridgehead atoms. The minimum absolute atomic E-state index is 0.0948. The predicted molar refractivity (Wildman–Crippen MR) is 64.8 cm³/mol. The second-order valence-corrected chi connectivity index (χ2v) is 3.48. The van der Waals surface area contributed by atoms with E-state index in [0.29, 0.717) is 0 Å². The number of aromatic nitrogens is 1. The highest BCUT2D eigenvalue weighted by atomic mass is 16.6. The lowest BCUT2D eigenvalue weighted by Gasteiger charge is -1.99. The van der Waals surface area contributed by atoms with Gasteiger partial charge in [0.25, 0.3) is 5.69 Å². The van der Waals surface area contributed by atoms with Crippen LogP contribution in [-0.2, 0) is 0 Å². The highest BCUT2D eigenvalue weighted by Gasteiger charge is 2.07. The van der Waals surface area contributed by atoms with Crippen molar-refractivity contribution in [3.63, 3.8) is 0 Å². The second kappa shape index (κ2) is 5.08. The molecule has 0 aliphatic carbocycles. The van der Waals surface area contributed by atoms with Crippen LogP contribution >= 0.6 is 0 Å². The third kappa shape index (κ3) is 2.80. The zero-order valence-corrected chi connectivity index (χ0v) is 9.46. The number of nitro groups is 1. The van der Waals surface area contributed by atoms with E-state index in [2.05, 4.69) is 15.2 Å². The first-order chi connectivity index (χ1) is 9.08. The molecular weight excluding hydrogens is 252 g/mol. The number of phenolic OH excluding ortho intramolecular Hbond substituents is 2. The maximum atomic E-state index is 10.4. The minimum Gasteiger partial charge on any atom is -0.505 e. The molecular formula is C11H8N4O4. The number of pyridine rings is 1. The summed E-state index contributed by atoms with van der Waals surface area (Å²) in [5.41, 5.74) is -0.257. The molecule has 2 rings (SSSR count). The van der Waals surface area contributed by atoms with Crippen molar-refractivity contribution in [2.24, 2.45) is 10.2 Å². The lowest BCUT2D eigenvalue weighted by molar-refractivity contribution is -0.385. The van der Waals surface area contributed by atoms with Crippen LogP contribution in [0, 0.1) is 10.1 Å². The summed E-state index contributed by atoms with van der Waals surface area (Å²) in [6, 6.07) is 6.67. The lowest BCUT2D eigenvalue weighted by atomic mass is 10.3. The molecule has 0 saturated heterocycles. The van der Waals surface area contributed by atoms with Crippen molar-refractivity contribution in [3.8, 4) is 11.5 Å². The fraction of sp³-hybridized carbons (Fsp3) is 0. The van der Waals surface area contributed by atoms with Crippen molar-refractivity contribution in [1.82, 2.24) is 4.98 Å². The SMILES string of the molecule is O=[N+]([O-])c1ccc(N=Nc2c(O)cccc2O)nc1. The fourth-order valence-corrected chi connectivity index (χ4v) is 1.27. The number of aromatic hydroxyl groups is 2. The summed E-state index contributed by atoms with van der Waals surface area (Å²) in [7, 11) is 0. The molecule has 0 fully saturated rings. The molecule has 0 atom stereocenters. The molecule has 0 radical (unpaired) electrons. The summed E-state index contributed by atoms with van der Waals surface area (Å²) in [6.07, 6.45) is 1.04. The zero-order chi connectivity index (χ0) is 13.8. The number of hydrogen-bond donors (Lipinski definition) is 2. The lowest BCUT2D eigenvalue weighted by Crippen LogP contribution is -1.87. The molecule has 0 saturated carbocycles. The third-order valence-electron chi connectivity index (χ3n) is 2.19. The van der Waals surface area contributed by atoms with Crippen molar-refractivity contribution in [1.29, 1.82) is 0 Å². The number of rotatable bonds is 3. The molecule has 19 heavy (non-hydrogen) atoms. The molecule has 0 unspecified atom stereocenters. The van der Waals surface area contributed by atoms with Crippen molar-refractivity contribution < 1.29 is 15.1 Å². The van der Waals surface area contributed by atoms with Crippen LogP contribution in [-0.4, -0.2) is 20.1 Å². The second-order valence-electron chi connectivity index (χ2n) is 3.48. The maximum absolute atomic E-state index is 10.4. The summed E-state index contributed by atoms with van der Waals surface area (Å²) >= 11 is 0. The van der Waals surface area contributed by atoms with E-state index in [-0.39, 0.29) is 28.7 Å². The van der Waals surface area contributed by atoms with Gasteiger partial charge in [0.15, 0.2) is 11.5 Å². The van der Waals surface area contributed by atoms with Gasteiger partial charge >= 0.3 is 0 Å². The van der Waals surface area contributed by atoms with E-state index in [1.54, 1.807) is 0 Å². The van der Waals surface area contributed by atoms with Gasteiger partial charge in [0.1, 0.15) is 17.7 Å². The average molecular weight is 260 g/mol. The van der Waals surface area contributed by atoms with Gasteiger partial charge in [-0.2, -0.15) is 0 Å². The highest BCUT2D eigenvalue weighted by Crippen LogP contribution is 2.36. The van der Waals surface area contributed by atoms with Gasteiger partial charge in [-0.15, -0.1) is 10.2 Å². The smallest absolute Gasteiger partial charge is 0.287 e. The van der Waals surface area contributed by atoms with Crippen LogP contribution in [0.2, 0.25) is 0 Å². The first-order valence-electron chi connectivity index (χ1n) is 5.11. The number of phenols is 2. The third-order valence-corrected chi connectivity index (χ3v) is 2.19. The molecule has 96 valence electrons. The van der Waals surface area contributed by atoms with E-state index in [1.165, 1.54) is 30.3 Å². The van der Waals surface area contributed by atoms with Crippen LogP contribution in [0.5, 0.6) is 11.5 Å². The van der Waals surface area contributed by atoms with Crippen LogP contribution in [0.1, 0.15) is 0 Å². The van der Waals surface area contributed by atoms with E-state index in [1.807, 2.05) is 0 Å². The van der Waals surface area contributed by atoms with Gasteiger partial charge in [-0.25, -0.2) is 4.98 Å². The van der Waals surface area contributed by atoms with E-state index in [4.69, 9.17) is 0 Å². The monoisotopic (exact) mass is 260 g/mol. The molecule has 0 aliphatic rings. The predicted octanol–water partition coefficient (Wildman–Crippen LogP) is 2.82. The number of hydrogen-bond acceptors (Lipinski definition) is 7. The van der Waals surface area contributed by atoms with E-state index >= 15 is 0 Å². The Kier molecular flexibility index (Phi) is 3.33. The van der Waals surface area contributed by atoms with E-state index < -0.39 is 4.92 Å². The molecule has 0 amide bonds. The molecule has 8 nitrogen and oxygen atoms in total. The quantitative estimate of drug-likeness (QED) is 0.499. The first-order valence-corrected chi connectivity index (χ1v) is 5.11. The van der Waals surface area contributed by atoms with Crippen LogP contribution in [0.25, 0.3) is 0 Å². The van der Waals surface area contributed by atoms with Gasteiger partial charge in [-0.1, -0.05) is 6.07 Å². The zero-order valence-electron chi connectivity index (χ0n) is 9.46. The van der Waals surface area contributed by atoms with Gasteiger partial charge < -0.3 is 10.2 Å². The Hall–Kier alpha value is -3.03. The van der Waals surface area contributed by atoms with Crippen LogP contribution < -0.4 is 0 Å². The Morgan fingerprint density at radius 3 is 2.32 bits per heavy atom. The van der Waals surface area contributed by atoms with Gasteiger partial charge in [0.2, 0.25) is 0 Å². The van der Waals surface area contributed by atoms with Crippen molar-refractivity contribution in [2.45, 2.75) is 0 Å². The van der Waals surface area contributed by atoms with Gasteiger partial charge in [0, 0.05) is 6.07 Å². The number of nitrogens with zero attached hydrogens (tertiary/aromatic N) is 4. The molecule has 8 heteroatoms. The van der Waals surface area contributed by atoms with Crippen LogP contribution in [0.15, 0.2) is 46.8 Å². The van der Waals surface area contributed by atoms with Crippen molar-refractivity contribution in [2.75, 3.05) is 0 Å². The van der Waals surface area contributed by atoms with E-state index in [0.717, 1.165) is 6.20 Å².